The molecule has 1 aliphatic heterocycles. The van der Waals surface area contributed by atoms with Crippen molar-refractivity contribution in [2.75, 3.05) is 11.9 Å². The molecule has 21 heavy (non-hydrogen) atoms. The first kappa shape index (κ1) is 13.7. The van der Waals surface area contributed by atoms with Gasteiger partial charge in [-0.3, -0.25) is 4.79 Å². The van der Waals surface area contributed by atoms with Gasteiger partial charge in [0, 0.05) is 17.8 Å². The first-order chi connectivity index (χ1) is 10.1. The van der Waals surface area contributed by atoms with Crippen LogP contribution in [0, 0.1) is 6.92 Å². The molecule has 1 aliphatic rings. The van der Waals surface area contributed by atoms with Crippen molar-refractivity contribution >= 4 is 11.6 Å². The molecular weight excluding hydrogens is 260 g/mol. The maximum Gasteiger partial charge on any atom is 0.251 e. The molecule has 3 nitrogen and oxygen atoms in total. The molecule has 1 atom stereocenters. The van der Waals surface area contributed by atoms with Crippen LogP contribution in [0.2, 0.25) is 0 Å². The lowest BCUT2D eigenvalue weighted by Gasteiger charge is -2.15. The fourth-order valence-corrected chi connectivity index (χ4v) is 2.66. The van der Waals surface area contributed by atoms with Gasteiger partial charge in [-0.1, -0.05) is 29.8 Å². The Morgan fingerprint density at radius 1 is 1.19 bits per heavy atom. The highest BCUT2D eigenvalue weighted by Crippen LogP contribution is 2.23. The topological polar surface area (TPSA) is 41.1 Å². The monoisotopic (exact) mass is 280 g/mol. The highest BCUT2D eigenvalue weighted by atomic mass is 16.1. The van der Waals surface area contributed by atoms with Gasteiger partial charge in [-0.2, -0.15) is 0 Å². The van der Waals surface area contributed by atoms with Crippen molar-refractivity contribution in [3.05, 3.63) is 64.7 Å². The third-order valence-electron chi connectivity index (χ3n) is 4.00. The second-order valence-corrected chi connectivity index (χ2v) is 5.65. The van der Waals surface area contributed by atoms with Gasteiger partial charge in [0.25, 0.3) is 5.91 Å². The van der Waals surface area contributed by atoms with Gasteiger partial charge in [-0.25, -0.2) is 0 Å². The minimum absolute atomic E-state index is 0.00415. The number of rotatable bonds is 3. The number of benzene rings is 2. The van der Waals surface area contributed by atoms with E-state index in [9.17, 15) is 4.79 Å². The van der Waals surface area contributed by atoms with E-state index in [2.05, 4.69) is 41.8 Å². The number of fused-ring (bicyclic) bond motifs is 1. The van der Waals surface area contributed by atoms with Gasteiger partial charge in [-0.05, 0) is 49.6 Å². The Kier molecular flexibility index (Phi) is 3.65. The van der Waals surface area contributed by atoms with Crippen LogP contribution < -0.4 is 10.6 Å². The summed E-state index contributed by atoms with van der Waals surface area (Å²) in [6.45, 7) is 5.03. The molecule has 108 valence electrons. The molecule has 3 rings (SSSR count). The molecule has 1 heterocycles. The fraction of sp³-hybridized carbons (Fsp3) is 0.278. The highest BCUT2D eigenvalue weighted by molar-refractivity contribution is 5.95. The Morgan fingerprint density at radius 2 is 1.95 bits per heavy atom. The third-order valence-corrected chi connectivity index (χ3v) is 4.00. The lowest BCUT2D eigenvalue weighted by molar-refractivity contribution is 0.0940. The summed E-state index contributed by atoms with van der Waals surface area (Å²) >= 11 is 0. The summed E-state index contributed by atoms with van der Waals surface area (Å²) in [6, 6.07) is 14.1. The summed E-state index contributed by atoms with van der Waals surface area (Å²) in [7, 11) is 0. The zero-order chi connectivity index (χ0) is 14.8. The van der Waals surface area contributed by atoms with Gasteiger partial charge in [0.05, 0.1) is 6.04 Å². The first-order valence-corrected chi connectivity index (χ1v) is 7.38. The number of amides is 1. The van der Waals surface area contributed by atoms with Crippen LogP contribution in [-0.4, -0.2) is 12.5 Å². The Labute approximate surface area is 125 Å². The van der Waals surface area contributed by atoms with Crippen molar-refractivity contribution in [3.63, 3.8) is 0 Å². The van der Waals surface area contributed by atoms with Crippen LogP contribution in [-0.2, 0) is 6.42 Å². The van der Waals surface area contributed by atoms with Gasteiger partial charge in [0.15, 0.2) is 0 Å². The molecule has 0 radical (unpaired) electrons. The molecule has 1 amide bonds. The zero-order valence-corrected chi connectivity index (χ0v) is 12.4. The van der Waals surface area contributed by atoms with E-state index in [-0.39, 0.29) is 11.9 Å². The van der Waals surface area contributed by atoms with Crippen LogP contribution in [0.3, 0.4) is 0 Å². The van der Waals surface area contributed by atoms with E-state index in [1.165, 1.54) is 11.1 Å². The Balaban J connectivity index is 1.72. The lowest BCUT2D eigenvalue weighted by Crippen LogP contribution is -2.26. The van der Waals surface area contributed by atoms with Crippen LogP contribution in [0.1, 0.15) is 40.0 Å². The molecule has 0 fully saturated rings. The highest BCUT2D eigenvalue weighted by Gasteiger charge is 2.15. The molecule has 0 spiro atoms. The fourth-order valence-electron chi connectivity index (χ4n) is 2.66. The van der Waals surface area contributed by atoms with E-state index >= 15 is 0 Å². The lowest BCUT2D eigenvalue weighted by atomic mass is 10.0. The molecule has 0 unspecified atom stereocenters. The summed E-state index contributed by atoms with van der Waals surface area (Å²) in [5, 5.41) is 6.37. The number of hydrogen-bond acceptors (Lipinski definition) is 2. The SMILES string of the molecule is Cc1ccc([C@H](C)NC(=O)c2ccc3c(c2)CCN3)cc1. The minimum atomic E-state index is -0.0159. The number of carbonyl (C=O) groups is 1. The predicted molar refractivity (Wildman–Crippen MR) is 85.7 cm³/mol. The second kappa shape index (κ2) is 5.60. The Hall–Kier alpha value is -2.29. The average molecular weight is 280 g/mol. The van der Waals surface area contributed by atoms with E-state index in [1.54, 1.807) is 0 Å². The molecule has 2 aromatic rings. The van der Waals surface area contributed by atoms with Crippen molar-refractivity contribution in [2.45, 2.75) is 26.3 Å². The number of aryl methyl sites for hydroxylation is 1. The number of hydrogen-bond donors (Lipinski definition) is 2. The number of anilines is 1. The molecule has 0 saturated heterocycles. The van der Waals surface area contributed by atoms with Crippen molar-refractivity contribution in [3.8, 4) is 0 Å². The maximum atomic E-state index is 12.4. The van der Waals surface area contributed by atoms with Crippen molar-refractivity contribution in [2.24, 2.45) is 0 Å². The minimum Gasteiger partial charge on any atom is -0.384 e. The number of carbonyl (C=O) groups excluding carboxylic acids is 1. The summed E-state index contributed by atoms with van der Waals surface area (Å²) in [4.78, 5) is 12.4. The van der Waals surface area contributed by atoms with E-state index in [1.807, 2.05) is 25.1 Å². The van der Waals surface area contributed by atoms with Gasteiger partial charge in [-0.15, -0.1) is 0 Å². The normalized spacial score (nSPS) is 14.2. The molecular formula is C18H20N2O. The van der Waals surface area contributed by atoms with Crippen LogP contribution in [0.5, 0.6) is 0 Å². The van der Waals surface area contributed by atoms with Crippen LogP contribution in [0.25, 0.3) is 0 Å². The van der Waals surface area contributed by atoms with Crippen molar-refractivity contribution in [1.29, 1.82) is 0 Å². The second-order valence-electron chi connectivity index (χ2n) is 5.65. The standard InChI is InChI=1S/C18H20N2O/c1-12-3-5-14(6-4-12)13(2)20-18(21)16-7-8-17-15(11-16)9-10-19-17/h3-8,11,13,19H,9-10H2,1-2H3,(H,20,21)/t13-/m0/s1. The van der Waals surface area contributed by atoms with Gasteiger partial charge < -0.3 is 10.6 Å². The first-order valence-electron chi connectivity index (χ1n) is 7.38. The van der Waals surface area contributed by atoms with E-state index in [0.717, 1.165) is 29.8 Å². The molecule has 3 heteroatoms. The van der Waals surface area contributed by atoms with Gasteiger partial charge in [0.1, 0.15) is 0 Å². The molecule has 2 aromatic carbocycles. The number of nitrogens with one attached hydrogen (secondary N) is 2. The molecule has 0 bridgehead atoms. The van der Waals surface area contributed by atoms with Gasteiger partial charge in [0.2, 0.25) is 0 Å². The van der Waals surface area contributed by atoms with Crippen molar-refractivity contribution in [1.82, 2.24) is 5.32 Å². The van der Waals surface area contributed by atoms with E-state index < -0.39 is 0 Å². The Bertz CT molecular complexity index is 661. The summed E-state index contributed by atoms with van der Waals surface area (Å²) in [5.74, 6) is -0.0159. The van der Waals surface area contributed by atoms with E-state index in [0.29, 0.717) is 0 Å². The predicted octanol–water partition coefficient (Wildman–Crippen LogP) is 3.45. The largest absolute Gasteiger partial charge is 0.384 e. The van der Waals surface area contributed by atoms with E-state index in [4.69, 9.17) is 0 Å². The molecule has 0 aliphatic carbocycles. The average Bonchev–Trinajstić information content (AvgIpc) is 2.95. The summed E-state index contributed by atoms with van der Waals surface area (Å²) in [5.41, 5.74) is 5.46. The van der Waals surface area contributed by atoms with Crippen LogP contribution in [0.4, 0.5) is 5.69 Å². The quantitative estimate of drug-likeness (QED) is 0.904. The molecule has 0 aromatic heterocycles. The maximum absolute atomic E-state index is 12.4. The zero-order valence-electron chi connectivity index (χ0n) is 12.4. The van der Waals surface area contributed by atoms with Crippen molar-refractivity contribution < 1.29 is 4.79 Å². The molecule has 2 N–H and O–H groups in total. The van der Waals surface area contributed by atoms with Crippen LogP contribution in [0.15, 0.2) is 42.5 Å². The van der Waals surface area contributed by atoms with Crippen LogP contribution >= 0.6 is 0 Å². The third kappa shape index (κ3) is 2.92. The van der Waals surface area contributed by atoms with Gasteiger partial charge >= 0.3 is 0 Å². The smallest absolute Gasteiger partial charge is 0.251 e. The summed E-state index contributed by atoms with van der Waals surface area (Å²) in [6.07, 6.45) is 0.990. The molecule has 0 saturated carbocycles. The Morgan fingerprint density at radius 3 is 2.71 bits per heavy atom. The summed E-state index contributed by atoms with van der Waals surface area (Å²) < 4.78 is 0.